The minimum atomic E-state index is -0.248. The molecule has 3 rings (SSSR count). The minimum Gasteiger partial charge on any atom is -0.359 e. The van der Waals surface area contributed by atoms with E-state index in [9.17, 15) is 9.59 Å². The molecular weight excluding hydrogens is 402 g/mol. The Labute approximate surface area is 191 Å². The molecule has 32 heavy (non-hydrogen) atoms. The fourth-order valence-corrected chi connectivity index (χ4v) is 4.09. The van der Waals surface area contributed by atoms with E-state index in [0.717, 1.165) is 25.7 Å². The lowest BCUT2D eigenvalue weighted by Gasteiger charge is -2.34. The molecule has 0 unspecified atom stereocenters. The van der Waals surface area contributed by atoms with E-state index in [1.54, 1.807) is 6.07 Å². The van der Waals surface area contributed by atoms with E-state index in [4.69, 9.17) is 4.52 Å². The lowest BCUT2D eigenvalue weighted by molar-refractivity contribution is 0.0590. The van der Waals surface area contributed by atoms with Gasteiger partial charge in [0.25, 0.3) is 11.8 Å². The third kappa shape index (κ3) is 6.21. The highest BCUT2D eigenvalue weighted by Gasteiger charge is 2.28. The molecule has 0 radical (unpaired) electrons. The van der Waals surface area contributed by atoms with E-state index in [1.807, 2.05) is 43.0 Å². The van der Waals surface area contributed by atoms with Crippen molar-refractivity contribution in [2.24, 2.45) is 5.92 Å². The maximum atomic E-state index is 13.5. The highest BCUT2D eigenvalue weighted by Crippen LogP contribution is 2.27. The molecule has 1 aromatic heterocycles. The third-order valence-corrected chi connectivity index (χ3v) is 6.06. The summed E-state index contributed by atoms with van der Waals surface area (Å²) in [4.78, 5) is 27.7. The van der Waals surface area contributed by atoms with Crippen LogP contribution in [0.4, 0.5) is 0 Å². The van der Waals surface area contributed by atoms with E-state index < -0.39 is 0 Å². The van der Waals surface area contributed by atoms with Gasteiger partial charge in [-0.05, 0) is 41.9 Å². The van der Waals surface area contributed by atoms with Gasteiger partial charge in [-0.25, -0.2) is 0 Å². The van der Waals surface area contributed by atoms with E-state index in [2.05, 4.69) is 31.2 Å². The Morgan fingerprint density at radius 3 is 2.38 bits per heavy atom. The quantitative estimate of drug-likeness (QED) is 0.632. The van der Waals surface area contributed by atoms with Crippen LogP contribution >= 0.6 is 0 Å². The van der Waals surface area contributed by atoms with Crippen LogP contribution in [0.3, 0.4) is 0 Å². The maximum absolute atomic E-state index is 13.5. The maximum Gasteiger partial charge on any atom is 0.273 e. The fraction of sp³-hybridized carbons (Fsp3) is 0.577. The van der Waals surface area contributed by atoms with Gasteiger partial charge in [0.1, 0.15) is 0 Å². The van der Waals surface area contributed by atoms with E-state index in [1.165, 1.54) is 12.0 Å². The Kier molecular flexibility index (Phi) is 7.75. The normalized spacial score (nSPS) is 15.1. The Bertz CT molecular complexity index is 903. The van der Waals surface area contributed by atoms with Gasteiger partial charge in [0.15, 0.2) is 11.5 Å². The predicted octanol–water partition coefficient (Wildman–Crippen LogP) is 5.33. The van der Waals surface area contributed by atoms with Crippen LogP contribution in [0.1, 0.15) is 98.9 Å². The summed E-state index contributed by atoms with van der Waals surface area (Å²) >= 11 is 0. The number of hydrogen-bond acceptors (Lipinski definition) is 4. The molecule has 1 aromatic carbocycles. The summed E-state index contributed by atoms with van der Waals surface area (Å²) in [6, 6.07) is 9.74. The number of aromatic nitrogens is 1. The monoisotopic (exact) mass is 439 g/mol. The molecule has 1 aliphatic rings. The average Bonchev–Trinajstić information content (AvgIpc) is 3.24. The van der Waals surface area contributed by atoms with Crippen molar-refractivity contribution in [2.75, 3.05) is 6.54 Å². The van der Waals surface area contributed by atoms with Gasteiger partial charge in [-0.15, -0.1) is 0 Å². The molecule has 174 valence electrons. The van der Waals surface area contributed by atoms with E-state index in [-0.39, 0.29) is 29.0 Å². The van der Waals surface area contributed by atoms with Crippen molar-refractivity contribution in [3.8, 4) is 0 Å². The number of carbonyl (C=O) groups is 2. The number of carbonyl (C=O) groups excluding carboxylic acids is 2. The summed E-state index contributed by atoms with van der Waals surface area (Å²) in [5.74, 6) is 0.640. The first-order chi connectivity index (χ1) is 15.1. The SMILES string of the molecule is CC(C)CNC(=O)c1cc(CN(C(=O)c2ccc(C(C)(C)C)cc2)C2CCCCC2)on1. The molecule has 1 saturated carbocycles. The van der Waals surface area contributed by atoms with Crippen LogP contribution in [0.25, 0.3) is 0 Å². The average molecular weight is 440 g/mol. The van der Waals surface area contributed by atoms with Crippen molar-refractivity contribution in [3.05, 3.63) is 52.9 Å². The molecule has 1 fully saturated rings. The molecule has 0 spiro atoms. The zero-order chi connectivity index (χ0) is 23.3. The molecule has 0 saturated heterocycles. The molecule has 2 aromatic rings. The van der Waals surface area contributed by atoms with E-state index >= 15 is 0 Å². The smallest absolute Gasteiger partial charge is 0.273 e. The number of rotatable bonds is 7. The molecule has 0 atom stereocenters. The molecule has 6 heteroatoms. The van der Waals surface area contributed by atoms with Crippen molar-refractivity contribution in [1.29, 1.82) is 0 Å². The van der Waals surface area contributed by atoms with Gasteiger partial charge in [-0.3, -0.25) is 9.59 Å². The first-order valence-corrected chi connectivity index (χ1v) is 11.8. The van der Waals surface area contributed by atoms with Crippen molar-refractivity contribution in [3.63, 3.8) is 0 Å². The summed E-state index contributed by atoms with van der Waals surface area (Å²) in [6.07, 6.45) is 5.43. The second kappa shape index (κ2) is 10.3. The van der Waals surface area contributed by atoms with Crippen molar-refractivity contribution in [2.45, 2.75) is 84.7 Å². The lowest BCUT2D eigenvalue weighted by Crippen LogP contribution is -2.41. The summed E-state index contributed by atoms with van der Waals surface area (Å²) < 4.78 is 5.46. The molecular formula is C26H37N3O3. The van der Waals surface area contributed by atoms with Crippen LogP contribution < -0.4 is 5.32 Å². The largest absolute Gasteiger partial charge is 0.359 e. The number of hydrogen-bond donors (Lipinski definition) is 1. The highest BCUT2D eigenvalue weighted by atomic mass is 16.5. The van der Waals surface area contributed by atoms with Gasteiger partial charge in [0, 0.05) is 24.2 Å². The summed E-state index contributed by atoms with van der Waals surface area (Å²) in [5, 5.41) is 6.79. The summed E-state index contributed by atoms with van der Waals surface area (Å²) in [7, 11) is 0. The number of amides is 2. The lowest BCUT2D eigenvalue weighted by atomic mass is 9.86. The van der Waals surface area contributed by atoms with Crippen LogP contribution in [0, 0.1) is 5.92 Å². The predicted molar refractivity (Wildman–Crippen MR) is 126 cm³/mol. The van der Waals surface area contributed by atoms with Crippen molar-refractivity contribution >= 4 is 11.8 Å². The van der Waals surface area contributed by atoms with Crippen LogP contribution in [0.5, 0.6) is 0 Å². The minimum absolute atomic E-state index is 0.000400. The van der Waals surface area contributed by atoms with Crippen LogP contribution in [-0.2, 0) is 12.0 Å². The standard InChI is InChI=1S/C26H37N3O3/c1-18(2)16-27-24(30)23-15-22(32-28-23)17-29(21-9-7-6-8-10-21)25(31)19-11-13-20(14-12-19)26(3,4)5/h11-15,18,21H,6-10,16-17H2,1-5H3,(H,27,30). The van der Waals surface area contributed by atoms with Gasteiger partial charge in [-0.1, -0.05) is 71.2 Å². The van der Waals surface area contributed by atoms with Gasteiger partial charge in [0.2, 0.25) is 0 Å². The Morgan fingerprint density at radius 2 is 1.78 bits per heavy atom. The number of nitrogens with one attached hydrogen (secondary N) is 1. The molecule has 1 heterocycles. The third-order valence-electron chi connectivity index (χ3n) is 6.06. The zero-order valence-corrected chi connectivity index (χ0v) is 20.1. The Morgan fingerprint density at radius 1 is 1.12 bits per heavy atom. The second-order valence-electron chi connectivity index (χ2n) is 10.3. The number of benzene rings is 1. The fourth-order valence-electron chi connectivity index (χ4n) is 4.09. The first-order valence-electron chi connectivity index (χ1n) is 11.8. The van der Waals surface area contributed by atoms with Crippen molar-refractivity contribution in [1.82, 2.24) is 15.4 Å². The van der Waals surface area contributed by atoms with Gasteiger partial charge in [-0.2, -0.15) is 0 Å². The molecule has 0 aliphatic heterocycles. The van der Waals surface area contributed by atoms with Gasteiger partial charge < -0.3 is 14.7 Å². The number of nitrogens with zero attached hydrogens (tertiary/aromatic N) is 2. The van der Waals surface area contributed by atoms with Gasteiger partial charge in [0.05, 0.1) is 6.54 Å². The second-order valence-corrected chi connectivity index (χ2v) is 10.3. The van der Waals surface area contributed by atoms with Crippen molar-refractivity contribution < 1.29 is 14.1 Å². The van der Waals surface area contributed by atoms with Crippen LogP contribution in [-0.4, -0.2) is 34.5 Å². The molecule has 6 nitrogen and oxygen atoms in total. The highest BCUT2D eigenvalue weighted by molar-refractivity contribution is 5.94. The topological polar surface area (TPSA) is 75.4 Å². The first kappa shape index (κ1) is 24.0. The molecule has 1 aliphatic carbocycles. The van der Waals surface area contributed by atoms with Crippen LogP contribution in [0.15, 0.2) is 34.9 Å². The Hall–Kier alpha value is -2.63. The molecule has 2 amide bonds. The van der Waals surface area contributed by atoms with Crippen LogP contribution in [0.2, 0.25) is 0 Å². The zero-order valence-electron chi connectivity index (χ0n) is 20.1. The molecule has 0 bridgehead atoms. The molecule has 1 N–H and O–H groups in total. The van der Waals surface area contributed by atoms with Gasteiger partial charge >= 0.3 is 0 Å². The van der Waals surface area contributed by atoms with E-state index in [0.29, 0.717) is 30.3 Å². The summed E-state index contributed by atoms with van der Waals surface area (Å²) in [5.41, 5.74) is 2.17. The summed E-state index contributed by atoms with van der Waals surface area (Å²) in [6.45, 7) is 11.5. The Balaban J connectivity index is 1.78.